The number of methoxy groups -OCH3 is 1. The van der Waals surface area contributed by atoms with Crippen LogP contribution in [0.4, 0.5) is 0 Å². The minimum Gasteiger partial charge on any atom is -0.380 e. The number of hydrogen-bond acceptors (Lipinski definition) is 3. The number of nitrogens with one attached hydrogen (secondary N) is 1. The monoisotopic (exact) mass is 301 g/mol. The molecular formula is C15H28ClN3O. The van der Waals surface area contributed by atoms with Crippen molar-refractivity contribution in [1.29, 1.82) is 0 Å². The maximum atomic E-state index is 6.35. The molecule has 1 N–H and O–H groups in total. The molecule has 4 nitrogen and oxygen atoms in total. The lowest BCUT2D eigenvalue weighted by molar-refractivity contribution is 0.0609. The highest BCUT2D eigenvalue weighted by atomic mass is 35.5. The number of hydrogen-bond donors (Lipinski definition) is 1. The molecule has 5 heteroatoms. The Morgan fingerprint density at radius 2 is 2.05 bits per heavy atom. The van der Waals surface area contributed by atoms with E-state index in [9.17, 15) is 0 Å². The summed E-state index contributed by atoms with van der Waals surface area (Å²) >= 11 is 6.35. The largest absolute Gasteiger partial charge is 0.380 e. The Labute approximate surface area is 127 Å². The molecule has 1 rings (SSSR count). The number of ether oxygens (including phenoxy) is 1. The van der Waals surface area contributed by atoms with Crippen LogP contribution in [0.5, 0.6) is 0 Å². The smallest absolute Gasteiger partial charge is 0.130 e. The Kier molecular flexibility index (Phi) is 7.56. The molecule has 116 valence electrons. The lowest BCUT2D eigenvalue weighted by Gasteiger charge is -2.27. The van der Waals surface area contributed by atoms with Gasteiger partial charge in [-0.05, 0) is 32.7 Å². The topological polar surface area (TPSA) is 39.1 Å². The van der Waals surface area contributed by atoms with Gasteiger partial charge in [-0.3, -0.25) is 4.68 Å². The quantitative estimate of drug-likeness (QED) is 0.762. The molecule has 0 aliphatic rings. The summed E-state index contributed by atoms with van der Waals surface area (Å²) in [5.74, 6) is 0. The first-order valence-electron chi connectivity index (χ1n) is 7.49. The Morgan fingerprint density at radius 1 is 1.35 bits per heavy atom. The molecule has 0 saturated heterocycles. The fourth-order valence-electron chi connectivity index (χ4n) is 2.56. The van der Waals surface area contributed by atoms with Gasteiger partial charge in [0.15, 0.2) is 0 Å². The molecule has 0 fully saturated rings. The maximum absolute atomic E-state index is 6.35. The molecule has 0 bridgehead atoms. The standard InChI is InChI=1S/C15H28ClN3O/c1-6-8-14(20-5)13(17-9-7-2)10-12-11(3)18-19(4)15(12)16/h13-14,17H,6-10H2,1-5H3. The van der Waals surface area contributed by atoms with E-state index in [1.807, 2.05) is 14.0 Å². The van der Waals surface area contributed by atoms with Gasteiger partial charge >= 0.3 is 0 Å². The molecule has 0 radical (unpaired) electrons. The van der Waals surface area contributed by atoms with Crippen molar-refractivity contribution in [2.24, 2.45) is 7.05 Å². The second-order valence-corrected chi connectivity index (χ2v) is 5.66. The predicted molar refractivity (Wildman–Crippen MR) is 84.4 cm³/mol. The third-order valence-corrected chi connectivity index (χ3v) is 4.15. The highest BCUT2D eigenvalue weighted by Gasteiger charge is 2.23. The van der Waals surface area contributed by atoms with Crippen LogP contribution < -0.4 is 5.32 Å². The van der Waals surface area contributed by atoms with Crippen molar-refractivity contribution in [2.75, 3.05) is 13.7 Å². The van der Waals surface area contributed by atoms with Crippen molar-refractivity contribution in [1.82, 2.24) is 15.1 Å². The van der Waals surface area contributed by atoms with Crippen molar-refractivity contribution >= 4 is 11.6 Å². The molecule has 2 atom stereocenters. The summed E-state index contributed by atoms with van der Waals surface area (Å²) < 4.78 is 7.42. The van der Waals surface area contributed by atoms with Gasteiger partial charge < -0.3 is 10.1 Å². The molecule has 1 aromatic heterocycles. The summed E-state index contributed by atoms with van der Waals surface area (Å²) in [5, 5.41) is 8.72. The summed E-state index contributed by atoms with van der Waals surface area (Å²) in [6.07, 6.45) is 4.34. The third-order valence-electron chi connectivity index (χ3n) is 3.68. The van der Waals surface area contributed by atoms with Gasteiger partial charge in [-0.2, -0.15) is 5.10 Å². The fraction of sp³-hybridized carbons (Fsp3) is 0.800. The second-order valence-electron chi connectivity index (χ2n) is 5.31. The molecule has 0 amide bonds. The molecule has 0 aliphatic carbocycles. The van der Waals surface area contributed by atoms with Crippen LogP contribution in [0.25, 0.3) is 0 Å². The Morgan fingerprint density at radius 3 is 2.50 bits per heavy atom. The Balaban J connectivity index is 2.87. The Hall–Kier alpha value is -0.580. The van der Waals surface area contributed by atoms with Gasteiger partial charge in [-0.25, -0.2) is 0 Å². The van der Waals surface area contributed by atoms with Gasteiger partial charge in [0.1, 0.15) is 5.15 Å². The van der Waals surface area contributed by atoms with Crippen LogP contribution in [0.2, 0.25) is 5.15 Å². The molecule has 20 heavy (non-hydrogen) atoms. The van der Waals surface area contributed by atoms with Crippen LogP contribution in [0.3, 0.4) is 0 Å². The summed E-state index contributed by atoms with van der Waals surface area (Å²) in [7, 11) is 3.67. The molecule has 2 unspecified atom stereocenters. The van der Waals surface area contributed by atoms with Crippen LogP contribution in [-0.4, -0.2) is 35.6 Å². The van der Waals surface area contributed by atoms with E-state index in [1.165, 1.54) is 0 Å². The van der Waals surface area contributed by atoms with Crippen molar-refractivity contribution < 1.29 is 4.74 Å². The zero-order valence-electron chi connectivity index (χ0n) is 13.4. The van der Waals surface area contributed by atoms with Gasteiger partial charge in [0.2, 0.25) is 0 Å². The van der Waals surface area contributed by atoms with Crippen LogP contribution in [0, 0.1) is 6.92 Å². The average Bonchev–Trinajstić information content (AvgIpc) is 2.67. The van der Waals surface area contributed by atoms with Gasteiger partial charge in [-0.15, -0.1) is 0 Å². The SMILES string of the molecule is CCCNC(Cc1c(C)nn(C)c1Cl)C(CCC)OC. The van der Waals surface area contributed by atoms with Crippen LogP contribution in [-0.2, 0) is 18.2 Å². The first-order valence-corrected chi connectivity index (χ1v) is 7.87. The lowest BCUT2D eigenvalue weighted by atomic mass is 9.98. The van der Waals surface area contributed by atoms with E-state index in [1.54, 1.807) is 11.8 Å². The minimum absolute atomic E-state index is 0.210. The van der Waals surface area contributed by atoms with Crippen molar-refractivity contribution in [3.63, 3.8) is 0 Å². The van der Waals surface area contributed by atoms with Gasteiger partial charge in [0.05, 0.1) is 11.8 Å². The number of halogens is 1. The molecule has 0 aliphatic heterocycles. The number of nitrogens with zero attached hydrogens (tertiary/aromatic N) is 2. The van der Waals surface area contributed by atoms with Crippen LogP contribution >= 0.6 is 11.6 Å². The average molecular weight is 302 g/mol. The van der Waals surface area contributed by atoms with Crippen molar-refractivity contribution in [2.45, 2.75) is 58.6 Å². The zero-order valence-corrected chi connectivity index (χ0v) is 14.1. The molecule has 0 spiro atoms. The normalized spacial score (nSPS) is 14.5. The third kappa shape index (κ3) is 4.47. The van der Waals surface area contributed by atoms with E-state index < -0.39 is 0 Å². The second kappa shape index (κ2) is 8.65. The summed E-state index contributed by atoms with van der Waals surface area (Å²) in [4.78, 5) is 0. The molecule has 1 aromatic rings. The zero-order chi connectivity index (χ0) is 15.1. The van der Waals surface area contributed by atoms with Gasteiger partial charge in [-0.1, -0.05) is 31.9 Å². The molecule has 0 saturated carbocycles. The van der Waals surface area contributed by atoms with E-state index in [-0.39, 0.29) is 12.1 Å². The highest BCUT2D eigenvalue weighted by Crippen LogP contribution is 2.22. The molecular weight excluding hydrogens is 274 g/mol. The summed E-state index contributed by atoms with van der Waals surface area (Å²) in [5.41, 5.74) is 2.13. The summed E-state index contributed by atoms with van der Waals surface area (Å²) in [6.45, 7) is 7.37. The van der Waals surface area contributed by atoms with E-state index in [2.05, 4.69) is 24.3 Å². The summed E-state index contributed by atoms with van der Waals surface area (Å²) in [6, 6.07) is 0.278. The van der Waals surface area contributed by atoms with E-state index in [4.69, 9.17) is 16.3 Å². The van der Waals surface area contributed by atoms with Gasteiger partial charge in [0, 0.05) is 25.8 Å². The Bertz CT molecular complexity index is 406. The van der Waals surface area contributed by atoms with E-state index >= 15 is 0 Å². The van der Waals surface area contributed by atoms with Crippen LogP contribution in [0.15, 0.2) is 0 Å². The van der Waals surface area contributed by atoms with E-state index in [0.717, 1.165) is 48.6 Å². The highest BCUT2D eigenvalue weighted by molar-refractivity contribution is 6.30. The van der Waals surface area contributed by atoms with E-state index in [0.29, 0.717) is 0 Å². The molecule has 1 heterocycles. The minimum atomic E-state index is 0.210. The molecule has 0 aromatic carbocycles. The fourth-order valence-corrected chi connectivity index (χ4v) is 2.81. The lowest BCUT2D eigenvalue weighted by Crippen LogP contribution is -2.43. The number of aryl methyl sites for hydroxylation is 2. The predicted octanol–water partition coefficient (Wildman–Crippen LogP) is 3.11. The maximum Gasteiger partial charge on any atom is 0.130 e. The number of aromatic nitrogens is 2. The number of rotatable bonds is 9. The van der Waals surface area contributed by atoms with Crippen molar-refractivity contribution in [3.05, 3.63) is 16.4 Å². The first-order chi connectivity index (χ1) is 9.54. The van der Waals surface area contributed by atoms with Crippen LogP contribution in [0.1, 0.15) is 44.4 Å². The first kappa shape index (κ1) is 17.5. The van der Waals surface area contributed by atoms with Gasteiger partial charge in [0.25, 0.3) is 0 Å². The van der Waals surface area contributed by atoms with Crippen molar-refractivity contribution in [3.8, 4) is 0 Å².